The fourth-order valence-electron chi connectivity index (χ4n) is 8.39. The SMILES string of the molecule is CC/C=C\C/C=C\C/C=C\C/C=C\CCCCCCCCC(=O)OCC(COC1OC(C(=O)O)C(O)C(O)C1OC(=O)CCCCCCC/C=C\C/C=C\CCC)OC(=O)CCCCCC/C=C\C/C=C\C/C=C\C/C=C\CC. The molecule has 0 radical (unpaired) electrons. The van der Waals surface area contributed by atoms with Crippen LogP contribution in [0.3, 0.4) is 0 Å². The lowest BCUT2D eigenvalue weighted by atomic mass is 9.98. The number of esters is 3. The van der Waals surface area contributed by atoms with Gasteiger partial charge < -0.3 is 39.0 Å². The van der Waals surface area contributed by atoms with Crippen LogP contribution in [0, 0.1) is 0 Å². The molecule has 3 N–H and O–H groups in total. The zero-order valence-corrected chi connectivity index (χ0v) is 49.1. The molecule has 79 heavy (non-hydrogen) atoms. The summed E-state index contributed by atoms with van der Waals surface area (Å²) < 4.78 is 28.4. The van der Waals surface area contributed by atoms with Crippen molar-refractivity contribution in [2.24, 2.45) is 0 Å². The topological polar surface area (TPSA) is 175 Å². The first-order valence-electron chi connectivity index (χ1n) is 30.5. The van der Waals surface area contributed by atoms with E-state index in [0.29, 0.717) is 19.3 Å². The summed E-state index contributed by atoms with van der Waals surface area (Å²) in [6, 6.07) is 0. The van der Waals surface area contributed by atoms with Gasteiger partial charge in [-0.2, -0.15) is 0 Å². The van der Waals surface area contributed by atoms with Crippen LogP contribution in [0.15, 0.2) is 122 Å². The summed E-state index contributed by atoms with van der Waals surface area (Å²) in [5.41, 5.74) is 0. The number of aliphatic hydroxyl groups is 2. The maximum absolute atomic E-state index is 13.2. The summed E-state index contributed by atoms with van der Waals surface area (Å²) in [6.07, 6.45) is 61.6. The Bertz CT molecular complexity index is 1840. The molecule has 1 aliphatic heterocycles. The van der Waals surface area contributed by atoms with Crippen molar-refractivity contribution in [2.45, 2.75) is 263 Å². The number of aliphatic hydroxyl groups excluding tert-OH is 2. The molecule has 0 aliphatic carbocycles. The highest BCUT2D eigenvalue weighted by molar-refractivity contribution is 5.74. The summed E-state index contributed by atoms with van der Waals surface area (Å²) in [7, 11) is 0. The van der Waals surface area contributed by atoms with E-state index in [9.17, 15) is 34.5 Å². The molecule has 6 unspecified atom stereocenters. The van der Waals surface area contributed by atoms with E-state index in [1.807, 2.05) is 0 Å². The number of hydrogen-bond acceptors (Lipinski definition) is 11. The molecule has 0 aromatic heterocycles. The molecule has 1 saturated heterocycles. The Morgan fingerprint density at radius 2 is 0.797 bits per heavy atom. The number of allylic oxidation sites excluding steroid dienone is 20. The standard InChI is InChI=1S/C67H106O12/c1-4-7-10-13-16-19-22-25-27-29-30-32-33-36-38-41-44-47-50-53-59(68)75-56-58(77-60(69)54-51-48-45-42-40-37-34-31-28-26-23-20-17-14-11-8-5-2)57-76-67-65(63(72)62(71)64(79-67)66(73)74)78-61(70)55-52-49-46-43-39-35-24-21-18-15-12-9-6-3/h7-8,10-12,15-17,19-21,24-28,30,32,34,37,58,62-65,67,71-72H,4-6,9,13-14,18,22-23,29,31,33,35-36,38-57H2,1-3H3,(H,73,74)/b10-7-,11-8-,15-12-,19-16-,20-17-,24-21-,27-25-,28-26-,32-30-,37-34-. The van der Waals surface area contributed by atoms with Gasteiger partial charge in [-0.25, -0.2) is 4.79 Å². The Labute approximate surface area is 478 Å². The van der Waals surface area contributed by atoms with E-state index >= 15 is 0 Å². The molecule has 12 nitrogen and oxygen atoms in total. The van der Waals surface area contributed by atoms with Gasteiger partial charge in [-0.15, -0.1) is 0 Å². The molecule has 1 fully saturated rings. The number of carboxylic acid groups (broad SMARTS) is 1. The predicted octanol–water partition coefficient (Wildman–Crippen LogP) is 16.0. The Balaban J connectivity index is 2.72. The monoisotopic (exact) mass is 1100 g/mol. The van der Waals surface area contributed by atoms with Crippen LogP contribution in [0.1, 0.15) is 226 Å². The minimum atomic E-state index is -1.92. The van der Waals surface area contributed by atoms with E-state index in [2.05, 4.69) is 142 Å². The highest BCUT2D eigenvalue weighted by Gasteiger charge is 2.50. The Morgan fingerprint density at radius 3 is 1.22 bits per heavy atom. The maximum Gasteiger partial charge on any atom is 0.335 e. The van der Waals surface area contributed by atoms with Gasteiger partial charge in [-0.3, -0.25) is 14.4 Å². The quantitative estimate of drug-likeness (QED) is 0.0228. The van der Waals surface area contributed by atoms with Crippen molar-refractivity contribution < 1.29 is 58.2 Å². The van der Waals surface area contributed by atoms with Gasteiger partial charge in [-0.05, 0) is 122 Å². The number of carbonyl (C=O) groups excluding carboxylic acids is 3. The largest absolute Gasteiger partial charge is 0.479 e. The number of carbonyl (C=O) groups is 4. The number of ether oxygens (including phenoxy) is 5. The molecule has 0 aromatic rings. The normalized spacial score (nSPS) is 18.7. The first-order valence-corrected chi connectivity index (χ1v) is 30.5. The van der Waals surface area contributed by atoms with Crippen LogP contribution in [0.5, 0.6) is 0 Å². The van der Waals surface area contributed by atoms with Gasteiger partial charge in [-0.1, -0.05) is 206 Å². The summed E-state index contributed by atoms with van der Waals surface area (Å²) in [5.74, 6) is -3.20. The van der Waals surface area contributed by atoms with E-state index in [1.165, 1.54) is 0 Å². The van der Waals surface area contributed by atoms with Crippen LogP contribution in [0.2, 0.25) is 0 Å². The third-order valence-corrected chi connectivity index (χ3v) is 13.0. The van der Waals surface area contributed by atoms with E-state index < -0.39 is 67.3 Å². The summed E-state index contributed by atoms with van der Waals surface area (Å²) in [4.78, 5) is 51.2. The van der Waals surface area contributed by atoms with E-state index in [-0.39, 0.29) is 25.9 Å². The average Bonchev–Trinajstić information content (AvgIpc) is 3.44. The molecule has 1 aliphatic rings. The summed E-state index contributed by atoms with van der Waals surface area (Å²) in [6.45, 7) is 5.65. The van der Waals surface area contributed by atoms with Crippen LogP contribution < -0.4 is 0 Å². The van der Waals surface area contributed by atoms with Crippen LogP contribution in [-0.2, 0) is 42.9 Å². The van der Waals surface area contributed by atoms with Crippen molar-refractivity contribution in [3.63, 3.8) is 0 Å². The number of unbranched alkanes of at least 4 members (excludes halogenated alkanes) is 16. The number of hydrogen-bond donors (Lipinski definition) is 3. The molecule has 0 spiro atoms. The van der Waals surface area contributed by atoms with Gasteiger partial charge in [0, 0.05) is 19.3 Å². The van der Waals surface area contributed by atoms with E-state index in [4.69, 9.17) is 23.7 Å². The Morgan fingerprint density at radius 1 is 0.430 bits per heavy atom. The lowest BCUT2D eigenvalue weighted by molar-refractivity contribution is -0.301. The number of rotatable bonds is 50. The molecule has 0 bridgehead atoms. The minimum Gasteiger partial charge on any atom is -0.479 e. The molecule has 12 heteroatoms. The van der Waals surface area contributed by atoms with Crippen molar-refractivity contribution in [3.8, 4) is 0 Å². The second kappa shape index (κ2) is 53.7. The number of aliphatic carboxylic acids is 1. The highest BCUT2D eigenvalue weighted by atomic mass is 16.7. The third kappa shape index (κ3) is 43.6. The van der Waals surface area contributed by atoms with Gasteiger partial charge in [0.15, 0.2) is 24.6 Å². The molecule has 0 amide bonds. The first kappa shape index (κ1) is 72.1. The second-order valence-corrected chi connectivity index (χ2v) is 20.2. The van der Waals surface area contributed by atoms with Gasteiger partial charge >= 0.3 is 23.9 Å². The second-order valence-electron chi connectivity index (χ2n) is 20.2. The minimum absolute atomic E-state index is 0.0334. The zero-order valence-electron chi connectivity index (χ0n) is 49.1. The van der Waals surface area contributed by atoms with Crippen LogP contribution in [0.4, 0.5) is 0 Å². The molecule has 1 heterocycles. The summed E-state index contributed by atoms with van der Waals surface area (Å²) >= 11 is 0. The van der Waals surface area contributed by atoms with Crippen LogP contribution >= 0.6 is 0 Å². The Kier molecular flexibility index (Phi) is 49.1. The predicted molar refractivity (Wildman–Crippen MR) is 321 cm³/mol. The van der Waals surface area contributed by atoms with Crippen molar-refractivity contribution >= 4 is 23.9 Å². The molecular weight excluding hydrogens is 997 g/mol. The van der Waals surface area contributed by atoms with Gasteiger partial charge in [0.25, 0.3) is 0 Å². The average molecular weight is 1100 g/mol. The fourth-order valence-corrected chi connectivity index (χ4v) is 8.39. The molecule has 1 rings (SSSR count). The van der Waals surface area contributed by atoms with Gasteiger partial charge in [0.05, 0.1) is 6.61 Å². The molecule has 446 valence electrons. The number of carboxylic acids is 1. The van der Waals surface area contributed by atoms with Crippen molar-refractivity contribution in [1.82, 2.24) is 0 Å². The molecule has 0 saturated carbocycles. The summed E-state index contributed by atoms with van der Waals surface area (Å²) in [5, 5.41) is 31.5. The van der Waals surface area contributed by atoms with Crippen molar-refractivity contribution in [2.75, 3.05) is 13.2 Å². The van der Waals surface area contributed by atoms with E-state index in [1.54, 1.807) is 0 Å². The lowest BCUT2D eigenvalue weighted by Gasteiger charge is -2.40. The van der Waals surface area contributed by atoms with Crippen molar-refractivity contribution in [3.05, 3.63) is 122 Å². The highest BCUT2D eigenvalue weighted by Crippen LogP contribution is 2.26. The van der Waals surface area contributed by atoms with Crippen LogP contribution in [0.25, 0.3) is 0 Å². The van der Waals surface area contributed by atoms with E-state index in [0.717, 1.165) is 167 Å². The molecule has 0 aromatic carbocycles. The Hall–Kier alpha value is -4.88. The smallest absolute Gasteiger partial charge is 0.335 e. The fraction of sp³-hybridized carbons (Fsp3) is 0.642. The van der Waals surface area contributed by atoms with Gasteiger partial charge in [0.1, 0.15) is 18.8 Å². The maximum atomic E-state index is 13.2. The first-order chi connectivity index (χ1) is 38.6. The molecular formula is C67H106O12. The van der Waals surface area contributed by atoms with Gasteiger partial charge in [0.2, 0.25) is 0 Å². The molecule has 6 atom stereocenters. The zero-order chi connectivity index (χ0) is 57.5. The van der Waals surface area contributed by atoms with Crippen LogP contribution in [-0.4, -0.2) is 89.2 Å². The van der Waals surface area contributed by atoms with Crippen molar-refractivity contribution in [1.29, 1.82) is 0 Å². The lowest BCUT2D eigenvalue weighted by Crippen LogP contribution is -2.61. The third-order valence-electron chi connectivity index (χ3n) is 13.0.